The number of methoxy groups -OCH3 is 2. The fraction of sp³-hybridized carbons (Fsp3) is 0.409. The summed E-state index contributed by atoms with van der Waals surface area (Å²) in [6, 6.07) is 8.49. The first-order valence-corrected chi connectivity index (χ1v) is 10.4. The van der Waals surface area contributed by atoms with E-state index < -0.39 is 23.3 Å². The molecule has 1 unspecified atom stereocenters. The molecule has 2 aromatic rings. The highest BCUT2D eigenvalue weighted by molar-refractivity contribution is 6.33. The Hall–Kier alpha value is -2.51. The number of pyridine rings is 1. The van der Waals surface area contributed by atoms with Crippen LogP contribution in [0.1, 0.15) is 38.3 Å². The molecule has 0 fully saturated rings. The molecule has 0 saturated heterocycles. The van der Waals surface area contributed by atoms with Crippen LogP contribution < -0.4 is 9.47 Å². The third-order valence-electron chi connectivity index (χ3n) is 5.24. The minimum absolute atomic E-state index is 0.0851. The first kappa shape index (κ1) is 24.8. The molecule has 0 bridgehead atoms. The van der Waals surface area contributed by atoms with Crippen LogP contribution in [-0.4, -0.2) is 41.1 Å². The largest absolute Gasteiger partial charge is 0.497 e. The monoisotopic (exact) mass is 468 g/mol. The van der Waals surface area contributed by atoms with Crippen LogP contribution in [0.2, 0.25) is 10.3 Å². The van der Waals surface area contributed by atoms with Gasteiger partial charge in [0.25, 0.3) is 0 Å². The van der Waals surface area contributed by atoms with E-state index in [2.05, 4.69) is 4.98 Å². The Labute approximate surface area is 191 Å². The molecule has 1 heterocycles. The molecule has 168 valence electrons. The fourth-order valence-electron chi connectivity index (χ4n) is 3.36. The van der Waals surface area contributed by atoms with Crippen molar-refractivity contribution in [2.75, 3.05) is 14.2 Å². The molecule has 1 aromatic heterocycles. The van der Waals surface area contributed by atoms with Gasteiger partial charge in [-0.3, -0.25) is 9.59 Å². The quantitative estimate of drug-likeness (QED) is 0.420. The second kappa shape index (κ2) is 10.2. The lowest BCUT2D eigenvalue weighted by Gasteiger charge is -2.40. The first-order valence-electron chi connectivity index (χ1n) is 9.64. The minimum atomic E-state index is -1.21. The Morgan fingerprint density at radius 2 is 1.84 bits per heavy atom. The summed E-state index contributed by atoms with van der Waals surface area (Å²) >= 11 is 12.3. The van der Waals surface area contributed by atoms with Crippen molar-refractivity contribution in [1.82, 2.24) is 9.88 Å². The highest BCUT2D eigenvalue weighted by Crippen LogP contribution is 2.37. The molecule has 1 aromatic carbocycles. The molecule has 31 heavy (non-hydrogen) atoms. The average Bonchev–Trinajstić information content (AvgIpc) is 2.71. The fourth-order valence-corrected chi connectivity index (χ4v) is 3.94. The highest BCUT2D eigenvalue weighted by Gasteiger charge is 2.40. The van der Waals surface area contributed by atoms with E-state index >= 15 is 0 Å². The van der Waals surface area contributed by atoms with E-state index in [1.165, 1.54) is 12.0 Å². The SMILES string of the molecule is CCC(C(=O)O)C(=O)N(Cc1ccc(OC)cc1OC)C(C)(C)c1ccc(Cl)nc1Cl. The smallest absolute Gasteiger partial charge is 0.316 e. The van der Waals surface area contributed by atoms with Gasteiger partial charge in [-0.15, -0.1) is 0 Å². The second-order valence-corrected chi connectivity index (χ2v) is 8.18. The Morgan fingerprint density at radius 3 is 2.35 bits per heavy atom. The van der Waals surface area contributed by atoms with Crippen LogP contribution in [0.5, 0.6) is 11.5 Å². The maximum absolute atomic E-state index is 13.4. The van der Waals surface area contributed by atoms with Crippen LogP contribution >= 0.6 is 23.2 Å². The summed E-state index contributed by atoms with van der Waals surface area (Å²) in [5.74, 6) is -1.82. The van der Waals surface area contributed by atoms with Gasteiger partial charge in [-0.1, -0.05) is 36.2 Å². The van der Waals surface area contributed by atoms with Crippen LogP contribution in [0.4, 0.5) is 0 Å². The van der Waals surface area contributed by atoms with E-state index in [1.807, 2.05) is 0 Å². The number of nitrogens with zero attached hydrogens (tertiary/aromatic N) is 2. The van der Waals surface area contributed by atoms with Crippen molar-refractivity contribution in [3.05, 3.63) is 51.8 Å². The number of hydrogen-bond acceptors (Lipinski definition) is 5. The van der Waals surface area contributed by atoms with Crippen LogP contribution in [0, 0.1) is 5.92 Å². The summed E-state index contributed by atoms with van der Waals surface area (Å²) in [5, 5.41) is 9.97. The first-order chi connectivity index (χ1) is 14.6. The van der Waals surface area contributed by atoms with E-state index in [0.717, 1.165) is 0 Å². The summed E-state index contributed by atoms with van der Waals surface area (Å²) in [7, 11) is 3.06. The Balaban J connectivity index is 2.61. The van der Waals surface area contributed by atoms with Gasteiger partial charge in [0.2, 0.25) is 5.91 Å². The molecule has 0 aliphatic carbocycles. The number of amides is 1. The molecule has 0 saturated carbocycles. The van der Waals surface area contributed by atoms with E-state index in [9.17, 15) is 14.7 Å². The van der Waals surface area contributed by atoms with Gasteiger partial charge in [-0.05, 0) is 38.5 Å². The maximum atomic E-state index is 13.4. The average molecular weight is 469 g/mol. The lowest BCUT2D eigenvalue weighted by atomic mass is 9.90. The summed E-state index contributed by atoms with van der Waals surface area (Å²) in [4.78, 5) is 30.8. The molecule has 2 rings (SSSR count). The molecule has 0 aliphatic rings. The molecule has 0 aliphatic heterocycles. The third kappa shape index (κ3) is 5.40. The molecule has 0 radical (unpaired) electrons. The number of benzene rings is 1. The second-order valence-electron chi connectivity index (χ2n) is 7.43. The summed E-state index contributed by atoms with van der Waals surface area (Å²) < 4.78 is 10.7. The van der Waals surface area contributed by atoms with Crippen molar-refractivity contribution in [3.8, 4) is 11.5 Å². The number of hydrogen-bond donors (Lipinski definition) is 1. The van der Waals surface area contributed by atoms with Gasteiger partial charge in [0.1, 0.15) is 27.7 Å². The zero-order valence-corrected chi connectivity index (χ0v) is 19.6. The van der Waals surface area contributed by atoms with Crippen molar-refractivity contribution in [1.29, 1.82) is 0 Å². The van der Waals surface area contributed by atoms with Gasteiger partial charge in [0.15, 0.2) is 0 Å². The zero-order valence-electron chi connectivity index (χ0n) is 18.1. The lowest BCUT2D eigenvalue weighted by molar-refractivity contribution is -0.154. The third-order valence-corrected chi connectivity index (χ3v) is 5.74. The van der Waals surface area contributed by atoms with Crippen molar-refractivity contribution in [2.45, 2.75) is 39.3 Å². The minimum Gasteiger partial charge on any atom is -0.497 e. The number of aliphatic carboxylic acids is 1. The molecule has 9 heteroatoms. The molecular weight excluding hydrogens is 443 g/mol. The van der Waals surface area contributed by atoms with E-state index in [1.54, 1.807) is 58.2 Å². The van der Waals surface area contributed by atoms with Crippen LogP contribution in [0.15, 0.2) is 30.3 Å². The van der Waals surface area contributed by atoms with E-state index in [-0.39, 0.29) is 23.3 Å². The lowest BCUT2D eigenvalue weighted by Crippen LogP contribution is -2.49. The number of halogens is 2. The van der Waals surface area contributed by atoms with Gasteiger partial charge in [-0.25, -0.2) is 4.98 Å². The number of carboxylic acid groups (broad SMARTS) is 1. The molecule has 7 nitrogen and oxygen atoms in total. The van der Waals surface area contributed by atoms with Crippen LogP contribution in [0.25, 0.3) is 0 Å². The van der Waals surface area contributed by atoms with Crippen LogP contribution in [-0.2, 0) is 21.7 Å². The van der Waals surface area contributed by atoms with Gasteiger partial charge in [0.05, 0.1) is 26.3 Å². The Morgan fingerprint density at radius 1 is 1.16 bits per heavy atom. The van der Waals surface area contributed by atoms with Crippen molar-refractivity contribution in [2.24, 2.45) is 5.92 Å². The van der Waals surface area contributed by atoms with Crippen LogP contribution in [0.3, 0.4) is 0 Å². The summed E-state index contributed by atoms with van der Waals surface area (Å²) in [6.07, 6.45) is 0.146. The zero-order chi connectivity index (χ0) is 23.3. The Bertz CT molecular complexity index is 965. The van der Waals surface area contributed by atoms with Crippen molar-refractivity contribution in [3.63, 3.8) is 0 Å². The van der Waals surface area contributed by atoms with Gasteiger partial charge in [-0.2, -0.15) is 0 Å². The van der Waals surface area contributed by atoms with Crippen molar-refractivity contribution >= 4 is 35.1 Å². The topological polar surface area (TPSA) is 89.0 Å². The Kier molecular flexibility index (Phi) is 8.14. The van der Waals surface area contributed by atoms with E-state index in [4.69, 9.17) is 32.7 Å². The predicted molar refractivity (Wildman–Crippen MR) is 119 cm³/mol. The van der Waals surface area contributed by atoms with Gasteiger partial charge >= 0.3 is 5.97 Å². The maximum Gasteiger partial charge on any atom is 0.316 e. The van der Waals surface area contributed by atoms with Gasteiger partial charge < -0.3 is 19.5 Å². The number of carboxylic acids is 1. The number of carbonyl (C=O) groups is 2. The summed E-state index contributed by atoms with van der Waals surface area (Å²) in [6.45, 7) is 5.31. The number of ether oxygens (including phenoxy) is 2. The molecule has 1 atom stereocenters. The standard InChI is InChI=1S/C22H26Cl2N2O5/c1-6-15(21(28)29)20(27)26(12-13-7-8-14(30-4)11-17(13)31-5)22(2,3)16-9-10-18(23)25-19(16)24/h7-11,15H,6,12H2,1-5H3,(H,28,29). The normalized spacial score (nSPS) is 12.2. The molecular formula is C22H26Cl2N2O5. The predicted octanol–water partition coefficient (Wildman–Crippen LogP) is 4.78. The molecule has 1 amide bonds. The van der Waals surface area contributed by atoms with Gasteiger partial charge in [0, 0.05) is 17.2 Å². The highest BCUT2D eigenvalue weighted by atomic mass is 35.5. The number of rotatable bonds is 9. The number of aromatic nitrogens is 1. The van der Waals surface area contributed by atoms with Crippen molar-refractivity contribution < 1.29 is 24.2 Å². The molecule has 1 N–H and O–H groups in total. The van der Waals surface area contributed by atoms with E-state index in [0.29, 0.717) is 22.6 Å². The molecule has 0 spiro atoms. The summed E-state index contributed by atoms with van der Waals surface area (Å²) in [5.41, 5.74) is 0.224. The number of carbonyl (C=O) groups excluding carboxylic acids is 1.